The van der Waals surface area contributed by atoms with E-state index in [9.17, 15) is 9.59 Å². The maximum atomic E-state index is 12.6. The third-order valence-electron chi connectivity index (χ3n) is 4.56. The predicted molar refractivity (Wildman–Crippen MR) is 87.8 cm³/mol. The zero-order valence-electron chi connectivity index (χ0n) is 14.7. The minimum atomic E-state index is -0.253. The number of hydrogen-bond donors (Lipinski definition) is 1. The number of ether oxygens (including phenoxy) is 1. The van der Waals surface area contributed by atoms with E-state index in [2.05, 4.69) is 5.10 Å². The number of nitrogens with zero attached hydrogens (tertiary/aromatic N) is 4. The van der Waals surface area contributed by atoms with E-state index in [1.54, 1.807) is 16.6 Å². The van der Waals surface area contributed by atoms with Crippen molar-refractivity contribution in [3.63, 3.8) is 0 Å². The first-order valence-electron chi connectivity index (χ1n) is 8.06. The monoisotopic (exact) mass is 352 g/mol. The van der Waals surface area contributed by atoms with E-state index in [0.29, 0.717) is 32.7 Å². The van der Waals surface area contributed by atoms with Crippen LogP contribution in [0.2, 0.25) is 0 Å². The molecule has 2 aliphatic rings. The molecule has 2 bridgehead atoms. The van der Waals surface area contributed by atoms with Gasteiger partial charge < -0.3 is 19.6 Å². The Morgan fingerprint density at radius 2 is 2.08 bits per heavy atom. The topological polar surface area (TPSA) is 105 Å². The van der Waals surface area contributed by atoms with Gasteiger partial charge in [0.2, 0.25) is 11.8 Å². The molecular weight excluding hydrogens is 328 g/mol. The number of carbonyl (C=O) groups is 3. The van der Waals surface area contributed by atoms with Crippen LogP contribution in [0.25, 0.3) is 0 Å². The van der Waals surface area contributed by atoms with Crippen LogP contribution in [0.3, 0.4) is 0 Å². The lowest BCUT2D eigenvalue weighted by Gasteiger charge is -2.29. The van der Waals surface area contributed by atoms with Gasteiger partial charge >= 0.3 is 0 Å². The fourth-order valence-electron chi connectivity index (χ4n) is 3.20. The Kier molecular flexibility index (Phi) is 6.13. The molecule has 2 fully saturated rings. The number of carbonyl (C=O) groups excluding carboxylic acids is 2. The Bertz CT molecular complexity index is 644. The Labute approximate surface area is 146 Å². The third kappa shape index (κ3) is 4.36. The summed E-state index contributed by atoms with van der Waals surface area (Å²) in [5.74, 6) is -0.122. The Hall–Kier alpha value is -2.42. The maximum absolute atomic E-state index is 12.6. The zero-order valence-corrected chi connectivity index (χ0v) is 14.7. The van der Waals surface area contributed by atoms with Crippen molar-refractivity contribution in [1.82, 2.24) is 19.6 Å². The van der Waals surface area contributed by atoms with Crippen LogP contribution < -0.4 is 0 Å². The van der Waals surface area contributed by atoms with Crippen LogP contribution in [0.5, 0.6) is 0 Å². The molecule has 25 heavy (non-hydrogen) atoms. The first-order valence-corrected chi connectivity index (χ1v) is 8.06. The SMILES string of the molecule is Cc1nn(C)cc1CC(=O)N1C[C@@H]2COC[C@H](C1)N(C)C2=O.O=CO. The second kappa shape index (κ2) is 8.11. The minimum Gasteiger partial charge on any atom is -0.483 e. The molecule has 1 N–H and O–H groups in total. The van der Waals surface area contributed by atoms with Crippen LogP contribution in [0.15, 0.2) is 6.20 Å². The summed E-state index contributed by atoms with van der Waals surface area (Å²) >= 11 is 0. The second-order valence-corrected chi connectivity index (χ2v) is 6.33. The van der Waals surface area contributed by atoms with E-state index in [4.69, 9.17) is 14.6 Å². The molecule has 3 heterocycles. The molecule has 3 rings (SSSR count). The zero-order chi connectivity index (χ0) is 18.6. The molecule has 1 aromatic heterocycles. The quantitative estimate of drug-likeness (QED) is 0.705. The average molecular weight is 352 g/mol. The van der Waals surface area contributed by atoms with Crippen LogP contribution in [0.4, 0.5) is 0 Å². The first kappa shape index (κ1) is 18.9. The van der Waals surface area contributed by atoms with Gasteiger partial charge in [-0.15, -0.1) is 0 Å². The van der Waals surface area contributed by atoms with Crippen molar-refractivity contribution in [3.05, 3.63) is 17.5 Å². The number of fused-ring (bicyclic) bond motifs is 3. The molecule has 0 unspecified atom stereocenters. The van der Waals surface area contributed by atoms with E-state index in [-0.39, 0.29) is 30.2 Å². The molecule has 2 atom stereocenters. The Balaban J connectivity index is 0.000000701. The summed E-state index contributed by atoms with van der Waals surface area (Å²) in [5, 5.41) is 11.2. The number of carboxylic acid groups (broad SMARTS) is 1. The standard InChI is InChI=1S/C15H22N4O3.CH2O2/c1-10-11(5-17(2)16-10)4-14(20)19-6-12-8-22-9-13(7-19)18(3)15(12)21;2-1-3/h5,12-13H,4,6-9H2,1-3H3;1H,(H,2,3)/t12-,13+;/m1./s1. The van der Waals surface area contributed by atoms with Crippen molar-refractivity contribution in [2.45, 2.75) is 19.4 Å². The van der Waals surface area contributed by atoms with Crippen molar-refractivity contribution < 1.29 is 24.2 Å². The number of likely N-dealkylation sites (N-methyl/N-ethyl adjacent to an activating group) is 1. The van der Waals surface area contributed by atoms with Crippen molar-refractivity contribution in [3.8, 4) is 0 Å². The molecule has 2 aliphatic heterocycles. The Morgan fingerprint density at radius 1 is 1.40 bits per heavy atom. The van der Waals surface area contributed by atoms with Crippen LogP contribution in [-0.2, 0) is 32.6 Å². The summed E-state index contributed by atoms with van der Waals surface area (Å²) in [5.41, 5.74) is 1.82. The molecule has 0 aliphatic carbocycles. The lowest BCUT2D eigenvalue weighted by Crippen LogP contribution is -2.45. The number of aryl methyl sites for hydroxylation is 2. The van der Waals surface area contributed by atoms with Gasteiger partial charge in [0, 0.05) is 38.9 Å². The fraction of sp³-hybridized carbons (Fsp3) is 0.625. The van der Waals surface area contributed by atoms with E-state index in [1.807, 2.05) is 25.1 Å². The molecule has 2 saturated heterocycles. The smallest absolute Gasteiger partial charge is 0.290 e. The summed E-state index contributed by atoms with van der Waals surface area (Å²) in [6.07, 6.45) is 2.21. The van der Waals surface area contributed by atoms with Gasteiger partial charge in [0.15, 0.2) is 0 Å². The molecule has 0 saturated carbocycles. The largest absolute Gasteiger partial charge is 0.483 e. The molecule has 2 amide bonds. The van der Waals surface area contributed by atoms with Crippen LogP contribution in [-0.4, -0.2) is 82.4 Å². The van der Waals surface area contributed by atoms with Crippen LogP contribution in [0, 0.1) is 12.8 Å². The van der Waals surface area contributed by atoms with Crippen LogP contribution in [0.1, 0.15) is 11.3 Å². The molecule has 0 spiro atoms. The number of rotatable bonds is 2. The highest BCUT2D eigenvalue weighted by molar-refractivity contribution is 5.83. The van der Waals surface area contributed by atoms with Crippen molar-refractivity contribution in [2.75, 3.05) is 33.4 Å². The van der Waals surface area contributed by atoms with Gasteiger partial charge in [0.25, 0.3) is 6.47 Å². The molecule has 9 heteroatoms. The number of aromatic nitrogens is 2. The van der Waals surface area contributed by atoms with Gasteiger partial charge in [0.05, 0.1) is 37.3 Å². The summed E-state index contributed by atoms with van der Waals surface area (Å²) in [7, 11) is 3.65. The van der Waals surface area contributed by atoms with Gasteiger partial charge in [-0.2, -0.15) is 5.10 Å². The van der Waals surface area contributed by atoms with Crippen molar-refractivity contribution >= 4 is 18.3 Å². The van der Waals surface area contributed by atoms with Crippen molar-refractivity contribution in [2.24, 2.45) is 13.0 Å². The van der Waals surface area contributed by atoms with E-state index >= 15 is 0 Å². The highest BCUT2D eigenvalue weighted by Crippen LogP contribution is 2.20. The summed E-state index contributed by atoms with van der Waals surface area (Å²) in [6.45, 7) is 3.53. The van der Waals surface area contributed by atoms with Gasteiger partial charge in [-0.25, -0.2) is 0 Å². The Morgan fingerprint density at radius 3 is 2.68 bits per heavy atom. The summed E-state index contributed by atoms with van der Waals surface area (Å²) in [6, 6.07) is -0.0565. The molecule has 0 radical (unpaired) electrons. The highest BCUT2D eigenvalue weighted by Gasteiger charge is 2.38. The lowest BCUT2D eigenvalue weighted by molar-refractivity contribution is -0.134. The van der Waals surface area contributed by atoms with E-state index < -0.39 is 0 Å². The predicted octanol–water partition coefficient (Wildman–Crippen LogP) is -0.713. The summed E-state index contributed by atoms with van der Waals surface area (Å²) in [4.78, 5) is 36.9. The summed E-state index contributed by atoms with van der Waals surface area (Å²) < 4.78 is 7.28. The van der Waals surface area contributed by atoms with Crippen molar-refractivity contribution in [1.29, 1.82) is 0 Å². The first-order chi connectivity index (χ1) is 11.9. The maximum Gasteiger partial charge on any atom is 0.290 e. The van der Waals surface area contributed by atoms with Gasteiger partial charge in [-0.1, -0.05) is 0 Å². The van der Waals surface area contributed by atoms with Crippen LogP contribution >= 0.6 is 0 Å². The van der Waals surface area contributed by atoms with Gasteiger partial charge in [-0.3, -0.25) is 19.1 Å². The van der Waals surface area contributed by atoms with E-state index in [1.165, 1.54) is 0 Å². The second-order valence-electron chi connectivity index (χ2n) is 6.33. The molecule has 9 nitrogen and oxygen atoms in total. The normalized spacial score (nSPS) is 22.8. The number of hydrogen-bond acceptors (Lipinski definition) is 5. The van der Waals surface area contributed by atoms with Gasteiger partial charge in [0.1, 0.15) is 0 Å². The highest BCUT2D eigenvalue weighted by atomic mass is 16.5. The average Bonchev–Trinajstić information content (AvgIpc) is 2.70. The fourth-order valence-corrected chi connectivity index (χ4v) is 3.20. The lowest BCUT2D eigenvalue weighted by atomic mass is 10.1. The molecule has 1 aromatic rings. The molecule has 138 valence electrons. The third-order valence-corrected chi connectivity index (χ3v) is 4.56. The molecule has 0 aromatic carbocycles. The van der Waals surface area contributed by atoms with E-state index in [0.717, 1.165) is 11.3 Å². The number of amides is 2. The minimum absolute atomic E-state index is 0.0519. The molecular formula is C16H24N4O5. The van der Waals surface area contributed by atoms with Gasteiger partial charge in [-0.05, 0) is 6.92 Å².